The van der Waals surface area contributed by atoms with Gasteiger partial charge in [0.2, 0.25) is 11.1 Å². The Bertz CT molecular complexity index is 1750. The van der Waals surface area contributed by atoms with E-state index in [-0.39, 0.29) is 22.2 Å². The number of nitro groups is 1. The van der Waals surface area contributed by atoms with E-state index in [1.807, 2.05) is 24.3 Å². The van der Waals surface area contributed by atoms with Crippen molar-refractivity contribution in [3.63, 3.8) is 0 Å². The van der Waals surface area contributed by atoms with Crippen molar-refractivity contribution in [3.8, 4) is 11.4 Å². The van der Waals surface area contributed by atoms with Crippen LogP contribution in [0.3, 0.4) is 0 Å². The number of benzene rings is 3. The maximum atomic E-state index is 13.3. The predicted octanol–water partition coefficient (Wildman–Crippen LogP) is 4.72. The van der Waals surface area contributed by atoms with Crippen LogP contribution in [0.1, 0.15) is 0 Å². The van der Waals surface area contributed by atoms with Crippen molar-refractivity contribution in [2.45, 2.75) is 0 Å². The number of rotatable bonds is 2. The van der Waals surface area contributed by atoms with E-state index in [1.165, 1.54) is 12.1 Å². The Kier molecular flexibility index (Phi) is 3.46. The molecule has 148 valence electrons. The number of para-hydroxylation sites is 3. The number of imidazole rings is 1. The van der Waals surface area contributed by atoms with Gasteiger partial charge in [-0.15, -0.1) is 0 Å². The van der Waals surface area contributed by atoms with Gasteiger partial charge in [0.15, 0.2) is 11.5 Å². The Hall–Kier alpha value is -4.59. The normalized spacial score (nSPS) is 11.6. The molecular formula is C23H12N4O4. The summed E-state index contributed by atoms with van der Waals surface area (Å²) in [5, 5.41) is 12.0. The van der Waals surface area contributed by atoms with Crippen LogP contribution in [0.5, 0.6) is 0 Å². The Morgan fingerprint density at radius 3 is 2.61 bits per heavy atom. The van der Waals surface area contributed by atoms with Gasteiger partial charge >= 0.3 is 0 Å². The van der Waals surface area contributed by atoms with E-state index in [1.54, 1.807) is 40.8 Å². The molecule has 0 saturated carbocycles. The molecule has 0 radical (unpaired) electrons. The number of non-ortho nitro benzene ring substituents is 1. The third kappa shape index (κ3) is 2.45. The van der Waals surface area contributed by atoms with Crippen LogP contribution in [-0.2, 0) is 0 Å². The van der Waals surface area contributed by atoms with Crippen molar-refractivity contribution in [2.24, 2.45) is 0 Å². The van der Waals surface area contributed by atoms with E-state index in [0.29, 0.717) is 33.5 Å². The van der Waals surface area contributed by atoms with Crippen molar-refractivity contribution in [1.29, 1.82) is 0 Å². The molecule has 8 nitrogen and oxygen atoms in total. The number of fused-ring (bicyclic) bond motifs is 6. The van der Waals surface area contributed by atoms with Gasteiger partial charge in [-0.2, -0.15) is 4.98 Å². The minimum absolute atomic E-state index is 0.0584. The number of aromatic nitrogens is 3. The number of nitro benzene ring substituents is 1. The summed E-state index contributed by atoms with van der Waals surface area (Å²) in [6.07, 6.45) is 0. The lowest BCUT2D eigenvalue weighted by molar-refractivity contribution is -0.384. The van der Waals surface area contributed by atoms with Gasteiger partial charge in [-0.25, -0.2) is 4.98 Å². The zero-order valence-corrected chi connectivity index (χ0v) is 15.9. The van der Waals surface area contributed by atoms with Crippen LogP contribution in [0.4, 0.5) is 5.69 Å². The molecule has 8 heteroatoms. The molecule has 0 spiro atoms. The van der Waals surface area contributed by atoms with Crippen LogP contribution in [0.15, 0.2) is 82.0 Å². The Balaban J connectivity index is 1.86. The highest BCUT2D eigenvalue weighted by Crippen LogP contribution is 2.31. The molecule has 0 fully saturated rings. The van der Waals surface area contributed by atoms with Gasteiger partial charge in [0.05, 0.1) is 21.3 Å². The molecule has 0 aliphatic heterocycles. The zero-order chi connectivity index (χ0) is 21.1. The van der Waals surface area contributed by atoms with Gasteiger partial charge in [0.1, 0.15) is 11.0 Å². The molecular weight excluding hydrogens is 396 g/mol. The standard InChI is InChI=1S/C23H12N4O4/c28-20-15-8-1-4-11-18(15)31-23-19(20)22-24-16-9-2-3-10-17(16)26(22)21(25-23)13-6-5-7-14(12-13)27(29)30/h1-12H. The highest BCUT2D eigenvalue weighted by molar-refractivity contribution is 6.00. The van der Waals surface area contributed by atoms with Crippen molar-refractivity contribution in [1.82, 2.24) is 14.4 Å². The molecule has 0 unspecified atom stereocenters. The van der Waals surface area contributed by atoms with Crippen LogP contribution in [0.2, 0.25) is 0 Å². The van der Waals surface area contributed by atoms with E-state index >= 15 is 0 Å². The van der Waals surface area contributed by atoms with Crippen molar-refractivity contribution in [3.05, 3.63) is 93.1 Å². The van der Waals surface area contributed by atoms with E-state index in [4.69, 9.17) is 4.42 Å². The molecule has 3 heterocycles. The lowest BCUT2D eigenvalue weighted by atomic mass is 10.1. The van der Waals surface area contributed by atoms with E-state index in [9.17, 15) is 14.9 Å². The lowest BCUT2D eigenvalue weighted by Crippen LogP contribution is -2.08. The van der Waals surface area contributed by atoms with Crippen LogP contribution in [-0.4, -0.2) is 19.3 Å². The Labute approximate surface area is 173 Å². The Morgan fingerprint density at radius 2 is 1.74 bits per heavy atom. The largest absolute Gasteiger partial charge is 0.437 e. The molecule has 3 aromatic carbocycles. The van der Waals surface area contributed by atoms with Crippen LogP contribution in [0.25, 0.3) is 50.1 Å². The van der Waals surface area contributed by atoms with Gasteiger partial charge in [0.25, 0.3) is 5.69 Å². The van der Waals surface area contributed by atoms with E-state index in [0.717, 1.165) is 5.52 Å². The maximum absolute atomic E-state index is 13.3. The fourth-order valence-corrected chi connectivity index (χ4v) is 3.91. The summed E-state index contributed by atoms with van der Waals surface area (Å²) in [7, 11) is 0. The van der Waals surface area contributed by atoms with Gasteiger partial charge in [-0.05, 0) is 24.3 Å². The first-order valence-electron chi connectivity index (χ1n) is 9.49. The monoisotopic (exact) mass is 408 g/mol. The van der Waals surface area contributed by atoms with Gasteiger partial charge < -0.3 is 4.42 Å². The van der Waals surface area contributed by atoms with E-state index in [2.05, 4.69) is 9.97 Å². The molecule has 0 aliphatic carbocycles. The van der Waals surface area contributed by atoms with Crippen LogP contribution < -0.4 is 5.43 Å². The molecule has 0 aliphatic rings. The Morgan fingerprint density at radius 1 is 0.935 bits per heavy atom. The average Bonchev–Trinajstić information content (AvgIpc) is 3.18. The third-order valence-electron chi connectivity index (χ3n) is 5.30. The molecule has 6 aromatic rings. The fourth-order valence-electron chi connectivity index (χ4n) is 3.91. The first-order valence-corrected chi connectivity index (χ1v) is 9.49. The lowest BCUT2D eigenvalue weighted by Gasteiger charge is -2.09. The predicted molar refractivity (Wildman–Crippen MR) is 116 cm³/mol. The molecule has 0 bridgehead atoms. The smallest absolute Gasteiger partial charge is 0.270 e. The molecule has 0 N–H and O–H groups in total. The summed E-state index contributed by atoms with van der Waals surface area (Å²) in [4.78, 5) is 33.5. The fraction of sp³-hybridized carbons (Fsp3) is 0. The number of hydrogen-bond donors (Lipinski definition) is 0. The van der Waals surface area contributed by atoms with Crippen LogP contribution >= 0.6 is 0 Å². The summed E-state index contributed by atoms with van der Waals surface area (Å²) >= 11 is 0. The molecule has 6 rings (SSSR count). The van der Waals surface area contributed by atoms with E-state index < -0.39 is 4.92 Å². The maximum Gasteiger partial charge on any atom is 0.270 e. The minimum atomic E-state index is -0.457. The van der Waals surface area contributed by atoms with Crippen molar-refractivity contribution in [2.75, 3.05) is 0 Å². The zero-order valence-electron chi connectivity index (χ0n) is 15.9. The first-order chi connectivity index (χ1) is 15.1. The highest BCUT2D eigenvalue weighted by Gasteiger charge is 2.21. The summed E-state index contributed by atoms with van der Waals surface area (Å²) in [5.41, 5.74) is 2.59. The molecule has 0 atom stereocenters. The third-order valence-corrected chi connectivity index (χ3v) is 5.30. The number of nitrogens with zero attached hydrogens (tertiary/aromatic N) is 4. The van der Waals surface area contributed by atoms with Crippen LogP contribution in [0, 0.1) is 10.1 Å². The average molecular weight is 408 g/mol. The quantitative estimate of drug-likeness (QED) is 0.233. The van der Waals surface area contributed by atoms with Crippen molar-refractivity contribution < 1.29 is 9.34 Å². The SMILES string of the molecule is O=c1c2ccccc2oc2nc(-c3cccc([N+](=O)[O-])c3)n3c4ccccc4nc3c12. The summed E-state index contributed by atoms with van der Waals surface area (Å²) < 4.78 is 7.73. The molecule has 0 saturated heterocycles. The molecule has 3 aromatic heterocycles. The topological polar surface area (TPSA) is 104 Å². The second-order valence-electron chi connectivity index (χ2n) is 7.11. The minimum Gasteiger partial charge on any atom is -0.437 e. The molecule has 0 amide bonds. The second-order valence-corrected chi connectivity index (χ2v) is 7.11. The molecule has 31 heavy (non-hydrogen) atoms. The van der Waals surface area contributed by atoms with Crippen molar-refractivity contribution >= 4 is 44.4 Å². The summed E-state index contributed by atoms with van der Waals surface area (Å²) in [6, 6.07) is 20.6. The number of hydrogen-bond acceptors (Lipinski definition) is 6. The van der Waals surface area contributed by atoms with Gasteiger partial charge in [-0.1, -0.05) is 36.4 Å². The second kappa shape index (κ2) is 6.20. The first kappa shape index (κ1) is 17.3. The van der Waals surface area contributed by atoms with Gasteiger partial charge in [-0.3, -0.25) is 19.3 Å². The summed E-state index contributed by atoms with van der Waals surface area (Å²) in [5.74, 6) is 0.401. The summed E-state index contributed by atoms with van der Waals surface area (Å²) in [6.45, 7) is 0. The highest BCUT2D eigenvalue weighted by atomic mass is 16.6. The van der Waals surface area contributed by atoms with Gasteiger partial charge in [0, 0.05) is 17.7 Å².